The lowest BCUT2D eigenvalue weighted by Gasteiger charge is -2.32. The molecule has 0 bridgehead atoms. The first kappa shape index (κ1) is 19.5. The molecule has 0 atom stereocenters. The number of pyridine rings is 1. The summed E-state index contributed by atoms with van der Waals surface area (Å²) in [5, 5.41) is 18.2. The molecule has 1 N–H and O–H groups in total. The monoisotopic (exact) mass is 411 g/mol. The molecule has 31 heavy (non-hydrogen) atoms. The van der Waals surface area contributed by atoms with Crippen LogP contribution in [0.5, 0.6) is 5.75 Å². The smallest absolute Gasteiger partial charge is 0.115 e. The van der Waals surface area contributed by atoms with Crippen LogP contribution in [0.25, 0.3) is 16.9 Å². The predicted octanol–water partition coefficient (Wildman–Crippen LogP) is 4.41. The molecule has 3 heterocycles. The van der Waals surface area contributed by atoms with Gasteiger partial charge in [-0.1, -0.05) is 29.5 Å². The number of phenolic OH excluding ortho intramolecular Hbond substituents is 1. The Hall–Kier alpha value is -3.51. The Balaban J connectivity index is 1.25. The average molecular weight is 412 g/mol. The minimum Gasteiger partial charge on any atom is -0.508 e. The first-order chi connectivity index (χ1) is 15.3. The Labute approximate surface area is 181 Å². The van der Waals surface area contributed by atoms with Crippen molar-refractivity contribution >= 4 is 0 Å². The highest BCUT2D eigenvalue weighted by molar-refractivity contribution is 5.64. The van der Waals surface area contributed by atoms with Crippen molar-refractivity contribution < 1.29 is 5.11 Å². The van der Waals surface area contributed by atoms with Gasteiger partial charge in [-0.15, -0.1) is 5.10 Å². The number of para-hydroxylation sites is 1. The van der Waals surface area contributed by atoms with Gasteiger partial charge in [-0.3, -0.25) is 9.88 Å². The molecule has 2 aromatic heterocycles. The second-order valence-corrected chi connectivity index (χ2v) is 8.03. The molecule has 2 aromatic carbocycles. The molecule has 0 aliphatic carbocycles. The molecule has 0 spiro atoms. The lowest BCUT2D eigenvalue weighted by atomic mass is 9.87. The molecule has 1 aliphatic heterocycles. The van der Waals surface area contributed by atoms with Gasteiger partial charge in [0, 0.05) is 18.3 Å². The minimum atomic E-state index is 0.277. The van der Waals surface area contributed by atoms with E-state index in [1.807, 2.05) is 65.6 Å². The summed E-state index contributed by atoms with van der Waals surface area (Å²) in [4.78, 5) is 7.11. The molecule has 1 saturated heterocycles. The Morgan fingerprint density at radius 1 is 0.903 bits per heavy atom. The average Bonchev–Trinajstić information content (AvgIpc) is 3.29. The number of benzene rings is 2. The first-order valence-corrected chi connectivity index (χ1v) is 10.7. The van der Waals surface area contributed by atoms with Gasteiger partial charge in [0.05, 0.1) is 23.3 Å². The van der Waals surface area contributed by atoms with Crippen LogP contribution >= 0.6 is 0 Å². The number of hydrogen-bond donors (Lipinski definition) is 1. The summed E-state index contributed by atoms with van der Waals surface area (Å²) in [7, 11) is 0. The van der Waals surface area contributed by atoms with Crippen molar-refractivity contribution in [1.82, 2.24) is 24.9 Å². The highest BCUT2D eigenvalue weighted by Gasteiger charge is 2.24. The highest BCUT2D eigenvalue weighted by atomic mass is 16.3. The number of likely N-dealkylation sites (tertiary alicyclic amines) is 1. The van der Waals surface area contributed by atoms with Crippen molar-refractivity contribution in [1.29, 1.82) is 0 Å². The quantitative estimate of drug-likeness (QED) is 0.527. The third-order valence-corrected chi connectivity index (χ3v) is 5.95. The molecule has 6 heteroatoms. The molecule has 1 aliphatic rings. The van der Waals surface area contributed by atoms with Crippen LogP contribution in [0.4, 0.5) is 0 Å². The van der Waals surface area contributed by atoms with Crippen molar-refractivity contribution in [2.75, 3.05) is 13.1 Å². The van der Waals surface area contributed by atoms with Crippen molar-refractivity contribution in [3.8, 4) is 22.7 Å². The summed E-state index contributed by atoms with van der Waals surface area (Å²) < 4.78 is 1.83. The molecule has 0 unspecified atom stereocenters. The maximum absolute atomic E-state index is 9.60. The fraction of sp³-hybridized carbons (Fsp3) is 0.240. The maximum Gasteiger partial charge on any atom is 0.115 e. The highest BCUT2D eigenvalue weighted by Crippen LogP contribution is 2.34. The van der Waals surface area contributed by atoms with E-state index in [9.17, 15) is 5.11 Å². The molecular formula is C25H25N5O. The lowest BCUT2D eigenvalue weighted by Crippen LogP contribution is -2.32. The summed E-state index contributed by atoms with van der Waals surface area (Å²) in [6.07, 6.45) is 6.04. The topological polar surface area (TPSA) is 67.1 Å². The summed E-state index contributed by atoms with van der Waals surface area (Å²) in [5.41, 5.74) is 5.38. The number of rotatable bonds is 5. The number of piperidine rings is 1. The molecular weight excluding hydrogens is 386 g/mol. The van der Waals surface area contributed by atoms with Crippen molar-refractivity contribution in [3.63, 3.8) is 0 Å². The van der Waals surface area contributed by atoms with E-state index in [1.165, 1.54) is 5.56 Å². The summed E-state index contributed by atoms with van der Waals surface area (Å²) in [6.45, 7) is 2.86. The normalized spacial score (nSPS) is 15.2. The van der Waals surface area contributed by atoms with Gasteiger partial charge in [0.15, 0.2) is 0 Å². The minimum absolute atomic E-state index is 0.277. The Morgan fingerprint density at radius 3 is 2.45 bits per heavy atom. The summed E-state index contributed by atoms with van der Waals surface area (Å²) in [6, 6.07) is 21.6. The SMILES string of the molecule is Oc1ccc(-c2ncccc2C2CCN(Cc3cn(-c4ccccc4)nn3)CC2)cc1. The van der Waals surface area contributed by atoms with Crippen LogP contribution in [0.3, 0.4) is 0 Å². The van der Waals surface area contributed by atoms with Crippen molar-refractivity contribution in [2.24, 2.45) is 0 Å². The van der Waals surface area contributed by atoms with E-state index in [0.717, 1.165) is 55.1 Å². The van der Waals surface area contributed by atoms with Crippen molar-refractivity contribution in [3.05, 3.63) is 90.4 Å². The fourth-order valence-corrected chi connectivity index (χ4v) is 4.32. The standard InChI is InChI=1S/C25H25N5O/c31-23-10-8-20(9-11-23)25-24(7-4-14-26-25)19-12-15-29(16-13-19)17-21-18-30(28-27-21)22-5-2-1-3-6-22/h1-11,14,18-19,31H,12-13,15-17H2. The van der Waals surface area contributed by atoms with E-state index in [1.54, 1.807) is 12.1 Å². The number of aromatic nitrogens is 4. The summed E-state index contributed by atoms with van der Waals surface area (Å²) in [5.74, 6) is 0.757. The Morgan fingerprint density at radius 2 is 1.68 bits per heavy atom. The number of phenols is 1. The van der Waals surface area contributed by atoms with Gasteiger partial charge in [0.2, 0.25) is 0 Å². The van der Waals surface area contributed by atoms with Crippen LogP contribution in [0.15, 0.2) is 79.1 Å². The van der Waals surface area contributed by atoms with E-state index in [2.05, 4.69) is 26.3 Å². The molecule has 6 nitrogen and oxygen atoms in total. The van der Waals surface area contributed by atoms with Crippen LogP contribution in [0.1, 0.15) is 30.0 Å². The van der Waals surface area contributed by atoms with E-state index >= 15 is 0 Å². The molecule has 5 rings (SSSR count). The van der Waals surface area contributed by atoms with Gasteiger partial charge < -0.3 is 5.11 Å². The maximum atomic E-state index is 9.60. The van der Waals surface area contributed by atoms with Gasteiger partial charge in [-0.25, -0.2) is 4.68 Å². The van der Waals surface area contributed by atoms with E-state index in [4.69, 9.17) is 0 Å². The van der Waals surface area contributed by atoms with Gasteiger partial charge >= 0.3 is 0 Å². The van der Waals surface area contributed by atoms with Crippen LogP contribution < -0.4 is 0 Å². The van der Waals surface area contributed by atoms with Gasteiger partial charge in [-0.05, 0) is 79.9 Å². The van der Waals surface area contributed by atoms with Crippen LogP contribution in [-0.4, -0.2) is 43.1 Å². The third kappa shape index (κ3) is 4.34. The Kier molecular flexibility index (Phi) is 5.46. The van der Waals surface area contributed by atoms with Gasteiger partial charge in [0.25, 0.3) is 0 Å². The van der Waals surface area contributed by atoms with Gasteiger partial charge in [-0.2, -0.15) is 0 Å². The third-order valence-electron chi connectivity index (χ3n) is 5.95. The first-order valence-electron chi connectivity index (χ1n) is 10.7. The predicted molar refractivity (Wildman–Crippen MR) is 120 cm³/mol. The Bertz CT molecular complexity index is 1130. The molecule has 0 amide bonds. The van der Waals surface area contributed by atoms with E-state index in [0.29, 0.717) is 5.92 Å². The lowest BCUT2D eigenvalue weighted by molar-refractivity contribution is 0.202. The molecule has 0 saturated carbocycles. The zero-order chi connectivity index (χ0) is 21.0. The largest absolute Gasteiger partial charge is 0.508 e. The van der Waals surface area contributed by atoms with Crippen LogP contribution in [0, 0.1) is 0 Å². The van der Waals surface area contributed by atoms with Crippen LogP contribution in [-0.2, 0) is 6.54 Å². The zero-order valence-electron chi connectivity index (χ0n) is 17.3. The molecule has 4 aromatic rings. The van der Waals surface area contributed by atoms with Crippen LogP contribution in [0.2, 0.25) is 0 Å². The molecule has 1 fully saturated rings. The number of aromatic hydroxyl groups is 1. The fourth-order valence-electron chi connectivity index (χ4n) is 4.32. The summed E-state index contributed by atoms with van der Waals surface area (Å²) >= 11 is 0. The van der Waals surface area contributed by atoms with E-state index < -0.39 is 0 Å². The van der Waals surface area contributed by atoms with E-state index in [-0.39, 0.29) is 5.75 Å². The van der Waals surface area contributed by atoms with Crippen molar-refractivity contribution in [2.45, 2.75) is 25.3 Å². The molecule has 156 valence electrons. The molecule has 0 radical (unpaired) electrons. The zero-order valence-corrected chi connectivity index (χ0v) is 17.3. The second kappa shape index (κ2) is 8.70. The second-order valence-electron chi connectivity index (χ2n) is 8.03. The number of nitrogens with zero attached hydrogens (tertiary/aromatic N) is 5. The van der Waals surface area contributed by atoms with Gasteiger partial charge in [0.1, 0.15) is 5.75 Å². The number of hydrogen-bond acceptors (Lipinski definition) is 5.